The Labute approximate surface area is 192 Å². The fourth-order valence-corrected chi connectivity index (χ4v) is 4.32. The van der Waals surface area contributed by atoms with Gasteiger partial charge in [-0.3, -0.25) is 14.5 Å². The molecule has 0 spiro atoms. The molecule has 0 radical (unpaired) electrons. The van der Waals surface area contributed by atoms with Crippen molar-refractivity contribution in [3.63, 3.8) is 0 Å². The van der Waals surface area contributed by atoms with E-state index in [4.69, 9.17) is 9.47 Å². The average Bonchev–Trinajstić information content (AvgIpc) is 3.09. The lowest BCUT2D eigenvalue weighted by Gasteiger charge is -2.29. The van der Waals surface area contributed by atoms with E-state index < -0.39 is 23.5 Å². The topological polar surface area (TPSA) is 79.3 Å². The van der Waals surface area contributed by atoms with Crippen LogP contribution in [0.1, 0.15) is 23.6 Å². The molecule has 2 aliphatic rings. The van der Waals surface area contributed by atoms with Crippen LogP contribution in [0.5, 0.6) is 5.75 Å². The van der Waals surface area contributed by atoms with Gasteiger partial charge in [-0.05, 0) is 36.8 Å². The second-order valence-corrected chi connectivity index (χ2v) is 8.05. The molecule has 4 rings (SSSR count). The zero-order valence-electron chi connectivity index (χ0n) is 18.5. The number of methoxy groups -OCH3 is 1. The first-order valence-corrected chi connectivity index (χ1v) is 11.0. The van der Waals surface area contributed by atoms with Crippen molar-refractivity contribution in [2.75, 3.05) is 46.5 Å². The fourth-order valence-electron chi connectivity index (χ4n) is 4.32. The predicted molar refractivity (Wildman–Crippen MR) is 120 cm³/mol. The molecule has 0 bridgehead atoms. The van der Waals surface area contributed by atoms with Gasteiger partial charge in [-0.15, -0.1) is 0 Å². The molecule has 8 heteroatoms. The summed E-state index contributed by atoms with van der Waals surface area (Å²) in [5.41, 5.74) is 0.420. The van der Waals surface area contributed by atoms with Gasteiger partial charge < -0.3 is 19.5 Å². The molecule has 1 atom stereocenters. The third-order valence-electron chi connectivity index (χ3n) is 6.08. The molecule has 2 fully saturated rings. The number of ether oxygens (including phenoxy) is 2. The van der Waals surface area contributed by atoms with Crippen LogP contribution in [0.3, 0.4) is 0 Å². The molecule has 1 N–H and O–H groups in total. The number of carbonyl (C=O) groups is 2. The van der Waals surface area contributed by atoms with Crippen LogP contribution >= 0.6 is 0 Å². The van der Waals surface area contributed by atoms with Gasteiger partial charge in [0.25, 0.3) is 11.7 Å². The number of benzene rings is 2. The molecule has 33 heavy (non-hydrogen) atoms. The molecule has 2 aromatic carbocycles. The van der Waals surface area contributed by atoms with Crippen molar-refractivity contribution in [3.8, 4) is 5.75 Å². The highest BCUT2D eigenvalue weighted by Gasteiger charge is 2.46. The van der Waals surface area contributed by atoms with Crippen molar-refractivity contribution >= 4 is 17.4 Å². The molecule has 1 amide bonds. The SMILES string of the molecule is COc1ccc(C(O)=C2C(=O)C(=O)N(CCCN3CCOCC3)[C@H]2c2ccccc2F)cc1. The van der Waals surface area contributed by atoms with Gasteiger partial charge in [0.15, 0.2) is 0 Å². The second-order valence-electron chi connectivity index (χ2n) is 8.05. The number of morpholine rings is 1. The van der Waals surface area contributed by atoms with E-state index in [-0.39, 0.29) is 23.4 Å². The Hall–Kier alpha value is -3.23. The third-order valence-corrected chi connectivity index (χ3v) is 6.08. The maximum Gasteiger partial charge on any atom is 0.295 e. The maximum absolute atomic E-state index is 14.8. The number of nitrogens with zero attached hydrogens (tertiary/aromatic N) is 2. The number of hydrogen-bond acceptors (Lipinski definition) is 6. The summed E-state index contributed by atoms with van der Waals surface area (Å²) in [7, 11) is 1.52. The minimum Gasteiger partial charge on any atom is -0.507 e. The Kier molecular flexibility index (Phi) is 7.05. The number of ketones is 1. The molecule has 2 aliphatic heterocycles. The summed E-state index contributed by atoms with van der Waals surface area (Å²) < 4.78 is 25.3. The van der Waals surface area contributed by atoms with Crippen molar-refractivity contribution in [2.24, 2.45) is 0 Å². The van der Waals surface area contributed by atoms with Gasteiger partial charge in [0.05, 0.1) is 31.9 Å². The van der Waals surface area contributed by atoms with Crippen LogP contribution in [-0.4, -0.2) is 73.1 Å². The standard InChI is InChI=1S/C25H27FN2O5/c1-32-18-9-7-17(8-10-18)23(29)21-22(19-5-2-3-6-20(19)26)28(25(31)24(21)30)12-4-11-27-13-15-33-16-14-27/h2-3,5-10,22,29H,4,11-16H2,1H3/t22-/m0/s1. The van der Waals surface area contributed by atoms with Crippen LogP contribution in [0, 0.1) is 5.82 Å². The fraction of sp³-hybridized carbons (Fsp3) is 0.360. The van der Waals surface area contributed by atoms with Crippen LogP contribution < -0.4 is 4.74 Å². The highest BCUT2D eigenvalue weighted by atomic mass is 19.1. The average molecular weight is 454 g/mol. The first-order valence-electron chi connectivity index (χ1n) is 11.0. The highest BCUT2D eigenvalue weighted by Crippen LogP contribution is 2.40. The summed E-state index contributed by atoms with van der Waals surface area (Å²) in [4.78, 5) is 29.6. The number of aliphatic hydroxyl groups excluding tert-OH is 1. The molecule has 2 aromatic rings. The number of rotatable bonds is 7. The minimum absolute atomic E-state index is 0.110. The van der Waals surface area contributed by atoms with E-state index in [1.165, 1.54) is 18.1 Å². The van der Waals surface area contributed by atoms with Crippen LogP contribution in [0.15, 0.2) is 54.1 Å². The lowest BCUT2D eigenvalue weighted by molar-refractivity contribution is -0.140. The number of halogens is 1. The summed E-state index contributed by atoms with van der Waals surface area (Å²) in [6, 6.07) is 11.5. The Morgan fingerprint density at radius 2 is 1.79 bits per heavy atom. The van der Waals surface area contributed by atoms with E-state index in [0.717, 1.165) is 19.6 Å². The molecule has 0 aromatic heterocycles. The first-order chi connectivity index (χ1) is 16.0. The molecule has 7 nitrogen and oxygen atoms in total. The summed E-state index contributed by atoms with van der Waals surface area (Å²) >= 11 is 0. The van der Waals surface area contributed by atoms with Gasteiger partial charge in [-0.1, -0.05) is 18.2 Å². The number of aliphatic hydroxyl groups is 1. The number of Topliss-reactive ketones (excluding diaryl/α,β-unsaturated/α-hetero) is 1. The summed E-state index contributed by atoms with van der Waals surface area (Å²) in [6.45, 7) is 3.96. The van der Waals surface area contributed by atoms with Crippen LogP contribution in [0.2, 0.25) is 0 Å². The molecule has 2 heterocycles. The molecule has 2 saturated heterocycles. The van der Waals surface area contributed by atoms with Crippen molar-refractivity contribution < 1.29 is 28.6 Å². The van der Waals surface area contributed by atoms with Crippen LogP contribution in [0.4, 0.5) is 4.39 Å². The monoisotopic (exact) mass is 454 g/mol. The van der Waals surface area contributed by atoms with E-state index in [1.807, 2.05) is 0 Å². The molecule has 0 unspecified atom stereocenters. The minimum atomic E-state index is -1.00. The van der Waals surface area contributed by atoms with E-state index >= 15 is 0 Å². The smallest absolute Gasteiger partial charge is 0.295 e. The van der Waals surface area contributed by atoms with Crippen molar-refractivity contribution in [1.29, 1.82) is 0 Å². The van der Waals surface area contributed by atoms with Crippen molar-refractivity contribution in [3.05, 3.63) is 71.0 Å². The zero-order valence-corrected chi connectivity index (χ0v) is 18.5. The van der Waals surface area contributed by atoms with E-state index in [1.54, 1.807) is 42.5 Å². The van der Waals surface area contributed by atoms with E-state index in [2.05, 4.69) is 4.90 Å². The van der Waals surface area contributed by atoms with Crippen LogP contribution in [0.25, 0.3) is 5.76 Å². The van der Waals surface area contributed by atoms with Gasteiger partial charge in [-0.2, -0.15) is 0 Å². The number of amides is 1. The highest BCUT2D eigenvalue weighted by molar-refractivity contribution is 6.46. The number of likely N-dealkylation sites (tertiary alicyclic amines) is 1. The Morgan fingerprint density at radius 1 is 1.09 bits per heavy atom. The molecular weight excluding hydrogens is 427 g/mol. The molecular formula is C25H27FN2O5. The van der Waals surface area contributed by atoms with Gasteiger partial charge in [-0.25, -0.2) is 4.39 Å². The van der Waals surface area contributed by atoms with Gasteiger partial charge in [0.1, 0.15) is 17.3 Å². The van der Waals surface area contributed by atoms with Gasteiger partial charge >= 0.3 is 0 Å². The normalized spacial score (nSPS) is 20.9. The Morgan fingerprint density at radius 3 is 2.45 bits per heavy atom. The molecule has 0 aliphatic carbocycles. The van der Waals surface area contributed by atoms with Gasteiger partial charge in [0.2, 0.25) is 0 Å². The first kappa shape index (κ1) is 22.9. The largest absolute Gasteiger partial charge is 0.507 e. The van der Waals surface area contributed by atoms with Crippen molar-refractivity contribution in [2.45, 2.75) is 12.5 Å². The van der Waals surface area contributed by atoms with Crippen molar-refractivity contribution in [1.82, 2.24) is 9.80 Å². The summed E-state index contributed by atoms with van der Waals surface area (Å²) in [5, 5.41) is 11.0. The van der Waals surface area contributed by atoms with E-state index in [9.17, 15) is 19.1 Å². The lowest BCUT2D eigenvalue weighted by Crippen LogP contribution is -2.39. The Balaban J connectivity index is 1.67. The van der Waals surface area contributed by atoms with Crippen LogP contribution in [-0.2, 0) is 14.3 Å². The number of hydrogen-bond donors (Lipinski definition) is 1. The second kappa shape index (κ2) is 10.1. The van der Waals surface area contributed by atoms with Gasteiger partial charge in [0, 0.05) is 37.3 Å². The zero-order chi connectivity index (χ0) is 23.4. The molecule has 174 valence electrons. The third kappa shape index (κ3) is 4.77. The predicted octanol–water partition coefficient (Wildman–Crippen LogP) is 2.98. The lowest BCUT2D eigenvalue weighted by atomic mass is 9.95. The van der Waals surface area contributed by atoms with E-state index in [0.29, 0.717) is 30.9 Å². The quantitative estimate of drug-likeness (QED) is 0.394. The summed E-state index contributed by atoms with van der Waals surface area (Å²) in [5.74, 6) is -1.84. The molecule has 0 saturated carbocycles. The number of carbonyl (C=O) groups excluding carboxylic acids is 2. The summed E-state index contributed by atoms with van der Waals surface area (Å²) in [6.07, 6.45) is 0.612. The maximum atomic E-state index is 14.8. The Bertz CT molecular complexity index is 1050.